The summed E-state index contributed by atoms with van der Waals surface area (Å²) in [5, 5.41) is 3.54. The minimum absolute atomic E-state index is 0.0124. The molecule has 0 spiro atoms. The first-order valence-corrected chi connectivity index (χ1v) is 7.77. The summed E-state index contributed by atoms with van der Waals surface area (Å²) in [5.74, 6) is -0.178. The molecule has 0 fully saturated rings. The van der Waals surface area contributed by atoms with Gasteiger partial charge in [0.25, 0.3) is 0 Å². The Morgan fingerprint density at radius 1 is 1.09 bits per heavy atom. The van der Waals surface area contributed by atoms with Gasteiger partial charge in [-0.1, -0.05) is 48.0 Å². The Kier molecular flexibility index (Phi) is 6.59. The number of benzene rings is 2. The second kappa shape index (κ2) is 8.67. The van der Waals surface area contributed by atoms with Crippen LogP contribution in [-0.2, 0) is 22.7 Å². The van der Waals surface area contributed by atoms with E-state index in [1.165, 1.54) is 0 Å². The van der Waals surface area contributed by atoms with Crippen molar-refractivity contribution in [2.75, 3.05) is 26.0 Å². The minimum atomic E-state index is -0.178. The zero-order valence-electron chi connectivity index (χ0n) is 13.4. The highest BCUT2D eigenvalue weighted by atomic mass is 35.5. The fourth-order valence-corrected chi connectivity index (χ4v) is 2.37. The van der Waals surface area contributed by atoms with Gasteiger partial charge in [0.05, 0.1) is 6.61 Å². The van der Waals surface area contributed by atoms with Crippen molar-refractivity contribution in [3.63, 3.8) is 0 Å². The molecule has 1 amide bonds. The van der Waals surface area contributed by atoms with Crippen LogP contribution in [0.4, 0.5) is 5.69 Å². The molecular formula is C18H21ClN2O2. The summed E-state index contributed by atoms with van der Waals surface area (Å²) in [5.41, 5.74) is 2.75. The molecule has 0 aliphatic carbocycles. The summed E-state index contributed by atoms with van der Waals surface area (Å²) in [6.07, 6.45) is 0. The van der Waals surface area contributed by atoms with E-state index in [-0.39, 0.29) is 12.5 Å². The van der Waals surface area contributed by atoms with E-state index in [0.29, 0.717) is 11.6 Å². The molecule has 0 bridgehead atoms. The Balaban J connectivity index is 1.87. The van der Waals surface area contributed by atoms with Crippen LogP contribution < -0.4 is 5.32 Å². The van der Waals surface area contributed by atoms with E-state index in [1.807, 2.05) is 56.6 Å². The molecule has 0 aromatic heterocycles. The largest absolute Gasteiger partial charge is 0.367 e. The molecule has 0 saturated heterocycles. The van der Waals surface area contributed by atoms with Crippen LogP contribution in [0.3, 0.4) is 0 Å². The van der Waals surface area contributed by atoms with Crippen molar-refractivity contribution >= 4 is 23.2 Å². The van der Waals surface area contributed by atoms with Crippen LogP contribution in [0.15, 0.2) is 48.5 Å². The number of anilines is 1. The Labute approximate surface area is 142 Å². The van der Waals surface area contributed by atoms with Crippen molar-refractivity contribution in [3.05, 3.63) is 64.7 Å². The van der Waals surface area contributed by atoms with Gasteiger partial charge < -0.3 is 15.0 Å². The van der Waals surface area contributed by atoms with Gasteiger partial charge in [0.2, 0.25) is 5.91 Å². The topological polar surface area (TPSA) is 41.6 Å². The molecule has 5 heteroatoms. The van der Waals surface area contributed by atoms with E-state index in [2.05, 4.69) is 10.2 Å². The number of hydrogen-bond acceptors (Lipinski definition) is 3. The first-order chi connectivity index (χ1) is 11.1. The van der Waals surface area contributed by atoms with E-state index < -0.39 is 0 Å². The third-order valence-electron chi connectivity index (χ3n) is 3.23. The summed E-state index contributed by atoms with van der Waals surface area (Å²) in [6, 6.07) is 15.2. The molecule has 2 aromatic rings. The van der Waals surface area contributed by atoms with Gasteiger partial charge >= 0.3 is 0 Å². The first-order valence-electron chi connectivity index (χ1n) is 7.40. The zero-order chi connectivity index (χ0) is 16.7. The van der Waals surface area contributed by atoms with Gasteiger partial charge in [0.1, 0.15) is 6.61 Å². The number of nitrogens with zero attached hydrogens (tertiary/aromatic N) is 1. The lowest BCUT2D eigenvalue weighted by Gasteiger charge is -2.15. The molecule has 0 saturated carbocycles. The number of hydrogen-bond donors (Lipinski definition) is 1. The fraction of sp³-hybridized carbons (Fsp3) is 0.278. The molecule has 0 unspecified atom stereocenters. The molecule has 0 heterocycles. The molecule has 1 N–H and O–H groups in total. The maximum Gasteiger partial charge on any atom is 0.250 e. The van der Waals surface area contributed by atoms with E-state index in [4.69, 9.17) is 16.3 Å². The third kappa shape index (κ3) is 5.67. The van der Waals surface area contributed by atoms with E-state index in [0.717, 1.165) is 23.4 Å². The van der Waals surface area contributed by atoms with Gasteiger partial charge in [0, 0.05) is 17.3 Å². The number of carbonyl (C=O) groups excluding carboxylic acids is 1. The van der Waals surface area contributed by atoms with Crippen LogP contribution in [0.25, 0.3) is 0 Å². The molecule has 0 aliphatic heterocycles. The van der Waals surface area contributed by atoms with Crippen molar-refractivity contribution in [1.29, 1.82) is 0 Å². The SMILES string of the molecule is CN(C)Cc1ccccc1NC(=O)COCc1ccccc1Cl. The number of para-hydroxylation sites is 1. The first kappa shape index (κ1) is 17.5. The number of rotatable bonds is 7. The third-order valence-corrected chi connectivity index (χ3v) is 3.60. The lowest BCUT2D eigenvalue weighted by Crippen LogP contribution is -2.20. The van der Waals surface area contributed by atoms with Crippen molar-refractivity contribution in [3.8, 4) is 0 Å². The molecule has 0 radical (unpaired) electrons. The summed E-state index contributed by atoms with van der Waals surface area (Å²) < 4.78 is 5.45. The molecule has 23 heavy (non-hydrogen) atoms. The maximum atomic E-state index is 12.0. The van der Waals surface area contributed by atoms with E-state index in [1.54, 1.807) is 6.07 Å². The molecule has 2 aromatic carbocycles. The summed E-state index contributed by atoms with van der Waals surface area (Å²) in [7, 11) is 3.98. The van der Waals surface area contributed by atoms with Gasteiger partial charge in [-0.25, -0.2) is 0 Å². The quantitative estimate of drug-likeness (QED) is 0.843. The molecule has 0 atom stereocenters. The Morgan fingerprint density at radius 3 is 2.43 bits per heavy atom. The molecule has 0 aliphatic rings. The Morgan fingerprint density at radius 2 is 1.74 bits per heavy atom. The predicted octanol–water partition coefficient (Wildman–Crippen LogP) is 3.56. The van der Waals surface area contributed by atoms with Crippen LogP contribution in [-0.4, -0.2) is 31.5 Å². The average Bonchev–Trinajstić information content (AvgIpc) is 2.51. The standard InChI is InChI=1S/C18H21ClN2O2/c1-21(2)11-14-7-4-6-10-17(14)20-18(22)13-23-12-15-8-3-5-9-16(15)19/h3-10H,11-13H2,1-2H3,(H,20,22). The fourth-order valence-electron chi connectivity index (χ4n) is 2.18. The second-order valence-corrected chi connectivity index (χ2v) is 5.93. The van der Waals surface area contributed by atoms with Gasteiger partial charge in [-0.15, -0.1) is 0 Å². The number of carbonyl (C=O) groups is 1. The van der Waals surface area contributed by atoms with Crippen molar-refractivity contribution in [2.45, 2.75) is 13.2 Å². The van der Waals surface area contributed by atoms with Crippen LogP contribution in [0.5, 0.6) is 0 Å². The monoisotopic (exact) mass is 332 g/mol. The van der Waals surface area contributed by atoms with Gasteiger partial charge in [-0.05, 0) is 37.4 Å². The van der Waals surface area contributed by atoms with Crippen LogP contribution in [0.1, 0.15) is 11.1 Å². The van der Waals surface area contributed by atoms with Gasteiger partial charge in [-0.3, -0.25) is 4.79 Å². The van der Waals surface area contributed by atoms with E-state index in [9.17, 15) is 4.79 Å². The molecular weight excluding hydrogens is 312 g/mol. The van der Waals surface area contributed by atoms with Crippen molar-refractivity contribution in [2.24, 2.45) is 0 Å². The highest BCUT2D eigenvalue weighted by Crippen LogP contribution is 2.17. The zero-order valence-corrected chi connectivity index (χ0v) is 14.1. The average molecular weight is 333 g/mol. The normalized spacial score (nSPS) is 10.8. The summed E-state index contributed by atoms with van der Waals surface area (Å²) in [4.78, 5) is 14.1. The van der Waals surface area contributed by atoms with Crippen molar-refractivity contribution in [1.82, 2.24) is 4.90 Å². The maximum absolute atomic E-state index is 12.0. The minimum Gasteiger partial charge on any atom is -0.367 e. The second-order valence-electron chi connectivity index (χ2n) is 5.53. The summed E-state index contributed by atoms with van der Waals surface area (Å²) in [6.45, 7) is 1.06. The van der Waals surface area contributed by atoms with Gasteiger partial charge in [0.15, 0.2) is 0 Å². The van der Waals surface area contributed by atoms with E-state index >= 15 is 0 Å². The van der Waals surface area contributed by atoms with Gasteiger partial charge in [-0.2, -0.15) is 0 Å². The van der Waals surface area contributed by atoms with Crippen molar-refractivity contribution < 1.29 is 9.53 Å². The predicted molar refractivity (Wildman–Crippen MR) is 93.6 cm³/mol. The lowest BCUT2D eigenvalue weighted by molar-refractivity contribution is -0.121. The smallest absolute Gasteiger partial charge is 0.250 e. The number of ether oxygens (including phenoxy) is 1. The molecule has 122 valence electrons. The molecule has 4 nitrogen and oxygen atoms in total. The molecule has 2 rings (SSSR count). The number of nitrogens with one attached hydrogen (secondary N) is 1. The Hall–Kier alpha value is -1.88. The van der Waals surface area contributed by atoms with Crippen LogP contribution in [0, 0.1) is 0 Å². The van der Waals surface area contributed by atoms with Crippen LogP contribution >= 0.6 is 11.6 Å². The number of halogens is 1. The number of amides is 1. The highest BCUT2D eigenvalue weighted by Gasteiger charge is 2.08. The lowest BCUT2D eigenvalue weighted by atomic mass is 10.1. The van der Waals surface area contributed by atoms with Crippen LogP contribution in [0.2, 0.25) is 5.02 Å². The highest BCUT2D eigenvalue weighted by molar-refractivity contribution is 6.31. The Bertz CT molecular complexity index is 659. The summed E-state index contributed by atoms with van der Waals surface area (Å²) >= 11 is 6.05.